The number of hydrogen-bond acceptors (Lipinski definition) is 4. The Labute approximate surface area is 75.0 Å². The largest absolute Gasteiger partial charge is 0.386 e. The second kappa shape index (κ2) is 4.25. The molecule has 0 radical (unpaired) electrons. The number of benzene rings is 1. The third-order valence-corrected chi connectivity index (χ3v) is 1.24. The van der Waals surface area contributed by atoms with E-state index in [4.69, 9.17) is 0 Å². The van der Waals surface area contributed by atoms with E-state index in [0.29, 0.717) is 5.56 Å². The second-order valence-corrected chi connectivity index (χ2v) is 2.31. The van der Waals surface area contributed by atoms with Crippen LogP contribution in [0, 0.1) is 0 Å². The first-order valence-electron chi connectivity index (χ1n) is 3.64. The average Bonchev–Trinajstić information content (AvgIpc) is 2.15. The highest BCUT2D eigenvalue weighted by molar-refractivity contribution is 5.89. The van der Waals surface area contributed by atoms with Crippen molar-refractivity contribution < 1.29 is 19.4 Å². The molecule has 13 heavy (non-hydrogen) atoms. The van der Waals surface area contributed by atoms with Crippen molar-refractivity contribution in [1.29, 1.82) is 0 Å². The maximum absolute atomic E-state index is 11.0. The minimum atomic E-state index is -0.684. The molecule has 0 amide bonds. The van der Waals surface area contributed by atoms with Gasteiger partial charge in [-0.3, -0.25) is 0 Å². The first-order chi connectivity index (χ1) is 6.20. The van der Waals surface area contributed by atoms with Crippen molar-refractivity contribution in [2.75, 3.05) is 0 Å². The van der Waals surface area contributed by atoms with Crippen LogP contribution in [0.5, 0.6) is 0 Å². The molecular weight excluding hydrogens is 176 g/mol. The van der Waals surface area contributed by atoms with E-state index in [1.807, 2.05) is 0 Å². The summed E-state index contributed by atoms with van der Waals surface area (Å²) in [5.74, 6) is -1.35. The topological polar surface area (TPSA) is 52.6 Å². The van der Waals surface area contributed by atoms with E-state index in [2.05, 4.69) is 9.78 Å². The van der Waals surface area contributed by atoms with Crippen molar-refractivity contribution in [2.45, 2.75) is 6.92 Å². The van der Waals surface area contributed by atoms with Crippen molar-refractivity contribution in [2.24, 2.45) is 0 Å². The maximum Gasteiger partial charge on any atom is 0.386 e. The SMILES string of the molecule is CC(=O)O[18O]C(=[18O])c1ccccc1. The lowest BCUT2D eigenvalue weighted by atomic mass is 10.2. The zero-order chi connectivity index (χ0) is 9.68. The summed E-state index contributed by atoms with van der Waals surface area (Å²) in [4.78, 5) is 29.6. The molecule has 68 valence electrons. The van der Waals surface area contributed by atoms with Crippen LogP contribution in [0.2, 0.25) is 0 Å². The molecule has 0 aromatic heterocycles. The van der Waals surface area contributed by atoms with Gasteiger partial charge in [-0.1, -0.05) is 18.2 Å². The minimum absolute atomic E-state index is 0.337. The number of hydrogen-bond donors (Lipinski definition) is 0. The summed E-state index contributed by atoms with van der Waals surface area (Å²) in [5, 5.41) is 0. The van der Waals surface area contributed by atoms with Gasteiger partial charge in [0.2, 0.25) is 0 Å². The van der Waals surface area contributed by atoms with Crippen LogP contribution < -0.4 is 0 Å². The van der Waals surface area contributed by atoms with Crippen molar-refractivity contribution in [3.8, 4) is 0 Å². The highest BCUT2D eigenvalue weighted by atomic mass is 18.6. The summed E-state index contributed by atoms with van der Waals surface area (Å²) in [6.45, 7) is 1.15. The Morgan fingerprint density at radius 1 is 1.38 bits per heavy atom. The third-order valence-electron chi connectivity index (χ3n) is 1.24. The van der Waals surface area contributed by atoms with E-state index in [-0.39, 0.29) is 0 Å². The van der Waals surface area contributed by atoms with Crippen molar-refractivity contribution >= 4 is 11.9 Å². The number of carbonyl (C=O) groups excluding carboxylic acids is 2. The van der Waals surface area contributed by atoms with E-state index in [1.165, 1.54) is 0 Å². The highest BCUT2D eigenvalue weighted by Crippen LogP contribution is 2.00. The monoisotopic (exact) mass is 184 g/mol. The molecule has 0 spiro atoms. The highest BCUT2D eigenvalue weighted by Gasteiger charge is 2.08. The van der Waals surface area contributed by atoms with Crippen LogP contribution in [-0.2, 0) is 14.6 Å². The second-order valence-electron chi connectivity index (χ2n) is 2.31. The molecule has 1 aromatic carbocycles. The van der Waals surface area contributed by atoms with Gasteiger partial charge >= 0.3 is 11.9 Å². The van der Waals surface area contributed by atoms with Gasteiger partial charge in [0.25, 0.3) is 0 Å². The molecular formula is C9H8O4. The van der Waals surface area contributed by atoms with E-state index < -0.39 is 11.9 Å². The Kier molecular flexibility index (Phi) is 3.03. The van der Waals surface area contributed by atoms with Gasteiger partial charge in [0.1, 0.15) is 0 Å². The van der Waals surface area contributed by atoms with Crippen molar-refractivity contribution in [3.63, 3.8) is 0 Å². The minimum Gasteiger partial charge on any atom is -0.248 e. The molecule has 0 bridgehead atoms. The van der Waals surface area contributed by atoms with Gasteiger partial charge in [-0.05, 0) is 12.1 Å². The molecule has 0 aliphatic carbocycles. The van der Waals surface area contributed by atoms with Gasteiger partial charge in [0, 0.05) is 6.92 Å². The maximum atomic E-state index is 11.0. The fourth-order valence-electron chi connectivity index (χ4n) is 0.719. The summed E-state index contributed by atoms with van der Waals surface area (Å²) in [6, 6.07) is 8.26. The zero-order valence-electron chi connectivity index (χ0n) is 7.02. The molecule has 0 saturated carbocycles. The summed E-state index contributed by atoms with van der Waals surface area (Å²) in [7, 11) is 0. The zero-order valence-corrected chi connectivity index (χ0v) is 7.02. The van der Waals surface area contributed by atoms with Crippen LogP contribution in [0.1, 0.15) is 17.3 Å². The van der Waals surface area contributed by atoms with E-state index in [0.717, 1.165) is 6.92 Å². The first-order valence-corrected chi connectivity index (χ1v) is 3.64. The van der Waals surface area contributed by atoms with Crippen LogP contribution >= 0.6 is 0 Å². The lowest BCUT2D eigenvalue weighted by molar-refractivity contribution is -0.231. The van der Waals surface area contributed by atoms with Gasteiger partial charge in [-0.25, -0.2) is 19.4 Å². The van der Waals surface area contributed by atoms with Gasteiger partial charge in [-0.15, -0.1) is 0 Å². The Balaban J connectivity index is 2.54. The summed E-state index contributed by atoms with van der Waals surface area (Å²) in [6.07, 6.45) is 0. The molecule has 4 nitrogen and oxygen atoms in total. The summed E-state index contributed by atoms with van der Waals surface area (Å²) < 4.78 is 0. The predicted molar refractivity (Wildman–Crippen MR) is 43.6 cm³/mol. The quantitative estimate of drug-likeness (QED) is 0.375. The standard InChI is InChI=1S/C9H8O4/c1-7(10)12-13-9(11)8-5-3-2-4-6-8/h2-6H,1H3/i11+2,13+2. The van der Waals surface area contributed by atoms with E-state index in [1.54, 1.807) is 30.3 Å². The third kappa shape index (κ3) is 2.94. The summed E-state index contributed by atoms with van der Waals surface area (Å²) in [5.41, 5.74) is 0.337. The normalized spacial score (nSPS) is 9.00. The number of rotatable bonds is 1. The van der Waals surface area contributed by atoms with Gasteiger partial charge in [0.05, 0.1) is 5.56 Å². The van der Waals surface area contributed by atoms with Gasteiger partial charge in [-0.2, -0.15) is 0 Å². The molecule has 4 heteroatoms. The van der Waals surface area contributed by atoms with E-state index in [9.17, 15) is 9.59 Å². The molecule has 0 saturated heterocycles. The van der Waals surface area contributed by atoms with Crippen LogP contribution in [-0.4, -0.2) is 11.9 Å². The van der Waals surface area contributed by atoms with Gasteiger partial charge in [0.15, 0.2) is 0 Å². The Bertz CT molecular complexity index is 305. The average molecular weight is 184 g/mol. The lowest BCUT2D eigenvalue weighted by Gasteiger charge is -1.99. The summed E-state index contributed by atoms with van der Waals surface area (Å²) >= 11 is 0. The van der Waals surface area contributed by atoms with E-state index >= 15 is 0 Å². The fraction of sp³-hybridized carbons (Fsp3) is 0.111. The molecule has 1 aromatic rings. The first kappa shape index (κ1) is 9.25. The molecule has 0 aliphatic heterocycles. The molecule has 0 heterocycles. The smallest absolute Gasteiger partial charge is 0.248 e. The van der Waals surface area contributed by atoms with Crippen molar-refractivity contribution in [1.82, 2.24) is 0 Å². The molecule has 1 rings (SSSR count). The van der Waals surface area contributed by atoms with Gasteiger partial charge < -0.3 is 0 Å². The number of carbonyl (C=O) groups is 2. The van der Waals surface area contributed by atoms with Crippen LogP contribution in [0.15, 0.2) is 30.3 Å². The molecule has 0 unspecified atom stereocenters. The lowest BCUT2D eigenvalue weighted by Crippen LogP contribution is -2.08. The van der Waals surface area contributed by atoms with Crippen LogP contribution in [0.4, 0.5) is 0 Å². The molecule has 0 atom stereocenters. The Morgan fingerprint density at radius 3 is 2.54 bits per heavy atom. The Morgan fingerprint density at radius 2 is 2.00 bits per heavy atom. The molecule has 0 fully saturated rings. The predicted octanol–water partition coefficient (Wildman–Crippen LogP) is 1.32. The van der Waals surface area contributed by atoms with Crippen molar-refractivity contribution in [3.05, 3.63) is 35.9 Å². The fourth-order valence-corrected chi connectivity index (χ4v) is 0.719. The molecule has 0 aliphatic rings. The molecule has 0 N–H and O–H groups in total. The van der Waals surface area contributed by atoms with Crippen LogP contribution in [0.3, 0.4) is 0 Å². The Hall–Kier alpha value is -1.84. The van der Waals surface area contributed by atoms with Crippen LogP contribution in [0.25, 0.3) is 0 Å².